The molecule has 2 aromatic carbocycles. The molecule has 1 aliphatic heterocycles. The molecular formula is C25H29N5O2S. The van der Waals surface area contributed by atoms with Crippen molar-refractivity contribution in [1.82, 2.24) is 15.3 Å². The summed E-state index contributed by atoms with van der Waals surface area (Å²) < 4.78 is 5.62. The van der Waals surface area contributed by atoms with E-state index in [1.807, 2.05) is 24.3 Å². The van der Waals surface area contributed by atoms with Gasteiger partial charge in [0, 0.05) is 41.6 Å². The standard InChI is InChI=1S/C25H29N5O2S/c1-17-6-4-5-7-22(17)33-16-21-14-23(30-12-13-32-15-18(30)2)29-24(27-21)19-8-10-20(11-9-19)28-25(31)26-3/h4-11,14,18H,12-13,15-16H2,1-3H3,(H2,26,28,31)/t18-/m0/s1. The number of carbonyl (C=O) groups excluding carboxylic acids is 1. The highest BCUT2D eigenvalue weighted by Gasteiger charge is 2.22. The third kappa shape index (κ3) is 5.83. The summed E-state index contributed by atoms with van der Waals surface area (Å²) in [5, 5.41) is 5.33. The zero-order valence-corrected chi connectivity index (χ0v) is 20.0. The number of anilines is 2. The molecule has 172 valence electrons. The third-order valence-electron chi connectivity index (χ3n) is 5.52. The summed E-state index contributed by atoms with van der Waals surface area (Å²) in [7, 11) is 1.59. The Kier molecular flexibility index (Phi) is 7.47. The first-order valence-corrected chi connectivity index (χ1v) is 12.0. The summed E-state index contributed by atoms with van der Waals surface area (Å²) in [6.45, 7) is 6.46. The molecule has 1 aliphatic rings. The second-order valence-electron chi connectivity index (χ2n) is 7.99. The fourth-order valence-corrected chi connectivity index (χ4v) is 4.59. The van der Waals surface area contributed by atoms with E-state index < -0.39 is 0 Å². The Morgan fingerprint density at radius 1 is 1.18 bits per heavy atom. The Balaban J connectivity index is 1.63. The van der Waals surface area contributed by atoms with Crippen molar-refractivity contribution in [1.29, 1.82) is 0 Å². The summed E-state index contributed by atoms with van der Waals surface area (Å²) >= 11 is 1.78. The second kappa shape index (κ2) is 10.7. The van der Waals surface area contributed by atoms with Gasteiger partial charge < -0.3 is 20.3 Å². The molecule has 7 nitrogen and oxygen atoms in total. The number of carbonyl (C=O) groups is 1. The van der Waals surface area contributed by atoms with Crippen LogP contribution in [-0.2, 0) is 10.5 Å². The average Bonchev–Trinajstić information content (AvgIpc) is 2.84. The summed E-state index contributed by atoms with van der Waals surface area (Å²) in [5.41, 5.74) is 3.86. The summed E-state index contributed by atoms with van der Waals surface area (Å²) in [6, 6.07) is 18.1. The largest absolute Gasteiger partial charge is 0.377 e. The van der Waals surface area contributed by atoms with Gasteiger partial charge >= 0.3 is 6.03 Å². The van der Waals surface area contributed by atoms with E-state index in [1.54, 1.807) is 18.8 Å². The fourth-order valence-electron chi connectivity index (χ4n) is 3.67. The van der Waals surface area contributed by atoms with Crippen LogP contribution in [0.1, 0.15) is 18.2 Å². The number of thioether (sulfide) groups is 1. The number of nitrogens with one attached hydrogen (secondary N) is 2. The number of benzene rings is 2. The van der Waals surface area contributed by atoms with Gasteiger partial charge in [-0.2, -0.15) is 0 Å². The molecule has 1 fully saturated rings. The molecule has 0 unspecified atom stereocenters. The van der Waals surface area contributed by atoms with E-state index in [-0.39, 0.29) is 12.1 Å². The van der Waals surface area contributed by atoms with Crippen molar-refractivity contribution in [3.63, 3.8) is 0 Å². The van der Waals surface area contributed by atoms with E-state index in [4.69, 9.17) is 14.7 Å². The van der Waals surface area contributed by atoms with Gasteiger partial charge in [-0.1, -0.05) is 18.2 Å². The van der Waals surface area contributed by atoms with Crippen molar-refractivity contribution < 1.29 is 9.53 Å². The van der Waals surface area contributed by atoms with Crippen LogP contribution in [0.4, 0.5) is 16.3 Å². The number of aryl methyl sites for hydroxylation is 1. The van der Waals surface area contributed by atoms with Gasteiger partial charge in [-0.3, -0.25) is 0 Å². The van der Waals surface area contributed by atoms with Crippen LogP contribution in [0, 0.1) is 6.92 Å². The lowest BCUT2D eigenvalue weighted by molar-refractivity contribution is 0.0985. The van der Waals surface area contributed by atoms with Gasteiger partial charge in [-0.15, -0.1) is 11.8 Å². The minimum absolute atomic E-state index is 0.248. The highest BCUT2D eigenvalue weighted by Crippen LogP contribution is 2.29. The number of rotatable bonds is 6. The molecule has 1 atom stereocenters. The minimum Gasteiger partial charge on any atom is -0.377 e. The number of ether oxygens (including phenoxy) is 1. The maximum atomic E-state index is 11.6. The summed E-state index contributed by atoms with van der Waals surface area (Å²) in [6.07, 6.45) is 0. The van der Waals surface area contributed by atoms with Gasteiger partial charge in [-0.25, -0.2) is 14.8 Å². The zero-order valence-electron chi connectivity index (χ0n) is 19.2. The van der Waals surface area contributed by atoms with E-state index in [2.05, 4.69) is 59.7 Å². The van der Waals surface area contributed by atoms with Gasteiger partial charge in [0.15, 0.2) is 5.82 Å². The number of aromatic nitrogens is 2. The Labute approximate surface area is 199 Å². The highest BCUT2D eigenvalue weighted by atomic mass is 32.2. The Morgan fingerprint density at radius 2 is 1.97 bits per heavy atom. The summed E-state index contributed by atoms with van der Waals surface area (Å²) in [5.74, 6) is 2.35. The number of amides is 2. The predicted molar refractivity (Wildman–Crippen MR) is 134 cm³/mol. The van der Waals surface area contributed by atoms with E-state index >= 15 is 0 Å². The highest BCUT2D eigenvalue weighted by molar-refractivity contribution is 7.98. The van der Waals surface area contributed by atoms with E-state index in [0.29, 0.717) is 24.7 Å². The Morgan fingerprint density at radius 3 is 2.70 bits per heavy atom. The molecule has 8 heteroatoms. The van der Waals surface area contributed by atoms with Crippen molar-refractivity contribution in [3.05, 3.63) is 65.9 Å². The van der Waals surface area contributed by atoms with E-state index in [1.165, 1.54) is 10.5 Å². The maximum Gasteiger partial charge on any atom is 0.318 e. The van der Waals surface area contributed by atoms with Crippen molar-refractivity contribution in [2.75, 3.05) is 37.0 Å². The lowest BCUT2D eigenvalue weighted by Gasteiger charge is -2.34. The molecule has 33 heavy (non-hydrogen) atoms. The van der Waals surface area contributed by atoms with Gasteiger partial charge in [0.25, 0.3) is 0 Å². The maximum absolute atomic E-state index is 11.6. The third-order valence-corrected chi connectivity index (χ3v) is 6.73. The van der Waals surface area contributed by atoms with Crippen LogP contribution >= 0.6 is 11.8 Å². The quantitative estimate of drug-likeness (QED) is 0.515. The SMILES string of the molecule is CNC(=O)Nc1ccc(-c2nc(CSc3ccccc3C)cc(N3CCOC[C@@H]3C)n2)cc1. The van der Waals surface area contributed by atoms with Crippen LogP contribution in [0.15, 0.2) is 59.5 Å². The molecule has 2 N–H and O–H groups in total. The van der Waals surface area contributed by atoms with E-state index in [9.17, 15) is 4.79 Å². The lowest BCUT2D eigenvalue weighted by Crippen LogP contribution is -2.44. The molecule has 4 rings (SSSR count). The first kappa shape index (κ1) is 23.1. The van der Waals surface area contributed by atoms with Crippen LogP contribution in [0.2, 0.25) is 0 Å². The van der Waals surface area contributed by atoms with Gasteiger partial charge in [0.05, 0.1) is 24.9 Å². The van der Waals surface area contributed by atoms with Crippen molar-refractivity contribution in [3.8, 4) is 11.4 Å². The lowest BCUT2D eigenvalue weighted by atomic mass is 10.2. The van der Waals surface area contributed by atoms with Gasteiger partial charge in [0.2, 0.25) is 0 Å². The van der Waals surface area contributed by atoms with Gasteiger partial charge in [0.1, 0.15) is 5.82 Å². The molecule has 0 saturated carbocycles. The molecular weight excluding hydrogens is 434 g/mol. The van der Waals surface area contributed by atoms with Crippen LogP contribution in [0.25, 0.3) is 11.4 Å². The smallest absolute Gasteiger partial charge is 0.318 e. The molecule has 0 bridgehead atoms. The Bertz CT molecular complexity index is 1110. The molecule has 1 saturated heterocycles. The topological polar surface area (TPSA) is 79.4 Å². The number of urea groups is 1. The molecule has 2 heterocycles. The number of morpholine rings is 1. The molecule has 0 radical (unpaired) electrons. The van der Waals surface area contributed by atoms with Crippen LogP contribution in [0.5, 0.6) is 0 Å². The first-order valence-electron chi connectivity index (χ1n) is 11.0. The predicted octanol–water partition coefficient (Wildman–Crippen LogP) is 4.72. The number of hydrogen-bond acceptors (Lipinski definition) is 6. The summed E-state index contributed by atoms with van der Waals surface area (Å²) in [4.78, 5) is 24.9. The second-order valence-corrected chi connectivity index (χ2v) is 9.01. The molecule has 3 aromatic rings. The molecule has 0 aliphatic carbocycles. The fraction of sp³-hybridized carbons (Fsp3) is 0.320. The first-order chi connectivity index (χ1) is 16.0. The molecule has 0 spiro atoms. The van der Waals surface area contributed by atoms with Gasteiger partial charge in [-0.05, 0) is 49.7 Å². The molecule has 1 aromatic heterocycles. The average molecular weight is 464 g/mol. The number of hydrogen-bond donors (Lipinski definition) is 2. The van der Waals surface area contributed by atoms with Crippen LogP contribution in [0.3, 0.4) is 0 Å². The Hall–Kier alpha value is -3.10. The number of nitrogens with zero attached hydrogens (tertiary/aromatic N) is 3. The minimum atomic E-state index is -0.252. The van der Waals surface area contributed by atoms with Crippen molar-refractivity contribution >= 4 is 29.3 Å². The zero-order chi connectivity index (χ0) is 23.2. The van der Waals surface area contributed by atoms with Crippen molar-refractivity contribution in [2.24, 2.45) is 0 Å². The van der Waals surface area contributed by atoms with Crippen LogP contribution < -0.4 is 15.5 Å². The molecule has 2 amide bonds. The monoisotopic (exact) mass is 463 g/mol. The normalized spacial score (nSPS) is 15.8. The van der Waals surface area contributed by atoms with Crippen LogP contribution in [-0.4, -0.2) is 48.8 Å². The van der Waals surface area contributed by atoms with E-state index in [0.717, 1.165) is 29.4 Å². The van der Waals surface area contributed by atoms with Crippen molar-refractivity contribution in [2.45, 2.75) is 30.5 Å².